The molecular formula is C75H154Br4Cl3Mn4N20O17+. The first-order valence-corrected chi connectivity index (χ1v) is 58.7. The van der Waals surface area contributed by atoms with Crippen molar-refractivity contribution in [3.63, 3.8) is 0 Å². The molecule has 1 aromatic heterocycles. The zero-order valence-corrected chi connectivity index (χ0v) is 86.0. The Morgan fingerprint density at radius 1 is 0.431 bits per heavy atom. The van der Waals surface area contributed by atoms with Gasteiger partial charge in [-0.15, -0.1) is 0 Å². The van der Waals surface area contributed by atoms with Crippen LogP contribution in [0.1, 0.15) is 65.9 Å². The van der Waals surface area contributed by atoms with Gasteiger partial charge in [-0.2, -0.15) is 0 Å². The maximum atomic E-state index is 9.63. The van der Waals surface area contributed by atoms with Crippen LogP contribution < -0.4 is 106 Å². The van der Waals surface area contributed by atoms with Crippen LogP contribution in [0.2, 0.25) is 0 Å². The fourth-order valence-corrected chi connectivity index (χ4v) is 13.4. The number of nitrogens with one attached hydrogen (secondary N) is 20. The van der Waals surface area contributed by atoms with E-state index in [1.54, 1.807) is 12.5 Å². The van der Waals surface area contributed by atoms with E-state index in [0.29, 0.717) is 150 Å². The van der Waals surface area contributed by atoms with E-state index < -0.39 is 0 Å². The van der Waals surface area contributed by atoms with Crippen LogP contribution in [0.5, 0.6) is 0 Å². The topological polar surface area (TPSA) is 497 Å². The van der Waals surface area contributed by atoms with E-state index in [1.807, 2.05) is 6.07 Å². The number of hydrogen-bond acceptors (Lipinski definition) is 36. The number of furan rings is 1. The molecule has 1 aromatic rings. The predicted molar refractivity (Wildman–Crippen MR) is 487 cm³/mol. The van der Waals surface area contributed by atoms with E-state index in [0.717, 1.165) is 140 Å². The minimum absolute atomic E-state index is 0.00694. The van der Waals surface area contributed by atoms with Crippen LogP contribution in [-0.2, 0) is 96.1 Å². The molecule has 48 heteroatoms. The summed E-state index contributed by atoms with van der Waals surface area (Å²) in [5.41, 5.74) is 4.21. The van der Waals surface area contributed by atoms with Gasteiger partial charge in [-0.3, -0.25) is 4.79 Å². The molecule has 7 aliphatic rings. The summed E-state index contributed by atoms with van der Waals surface area (Å²) in [6, 6.07) is 4.70. The third kappa shape index (κ3) is 66.0. The summed E-state index contributed by atoms with van der Waals surface area (Å²) >= 11 is 16.2. The van der Waals surface area contributed by atoms with Crippen LogP contribution in [0.25, 0.3) is 0 Å². The van der Waals surface area contributed by atoms with Crippen LogP contribution >= 0.6 is 86.7 Å². The minimum atomic E-state index is -0.250. The molecule has 2 bridgehead atoms. The molecule has 0 spiro atoms. The first kappa shape index (κ1) is 125. The van der Waals surface area contributed by atoms with Crippen LogP contribution in [0.15, 0.2) is 45.8 Å². The van der Waals surface area contributed by atoms with Crippen molar-refractivity contribution in [2.45, 2.75) is 176 Å². The Kier molecular flexibility index (Phi) is 90.2. The summed E-state index contributed by atoms with van der Waals surface area (Å²) in [4.78, 5) is 28.3. The quantitative estimate of drug-likeness (QED) is 0.0198. The predicted octanol–water partition coefficient (Wildman–Crippen LogP) is -2.56. The number of rotatable bonds is 21. The Morgan fingerprint density at radius 3 is 1.20 bits per heavy atom. The van der Waals surface area contributed by atoms with E-state index in [2.05, 4.69) is 229 Å². The number of carbonyl (C=O) groups is 1. The number of halogens is 7. The van der Waals surface area contributed by atoms with Crippen molar-refractivity contribution in [3.8, 4) is 0 Å². The molecule has 0 aromatic carbocycles. The van der Waals surface area contributed by atoms with Crippen molar-refractivity contribution < 1.29 is 135 Å². The third-order valence-corrected chi connectivity index (χ3v) is 20.4. The Labute approximate surface area is 800 Å². The van der Waals surface area contributed by atoms with Gasteiger partial charge < -0.3 is 166 Å². The zero-order valence-electron chi connectivity index (χ0n) is 72.7. The number of aliphatic hydroxyl groups is 7. The van der Waals surface area contributed by atoms with E-state index in [-0.39, 0.29) is 132 Å². The third-order valence-electron chi connectivity index (χ3n) is 20.4. The molecular weight excluding hydrogens is 2100 g/mol. The number of hydrogen-bond donors (Lipinski definition) is 28. The summed E-state index contributed by atoms with van der Waals surface area (Å²) in [6.45, 7) is 33.4. The molecule has 7 heterocycles. The van der Waals surface area contributed by atoms with Gasteiger partial charge in [0.05, 0.1) is 99.4 Å². The van der Waals surface area contributed by atoms with Crippen molar-refractivity contribution in [1.29, 1.82) is 0 Å². The van der Waals surface area contributed by atoms with Crippen LogP contribution in [-0.4, -0.2) is 407 Å². The maximum absolute atomic E-state index is 9.63. The van der Waals surface area contributed by atoms with Gasteiger partial charge in [-0.05, 0) is 76.3 Å². The monoisotopic (exact) mass is 2250 g/mol. The van der Waals surface area contributed by atoms with E-state index in [9.17, 15) is 35.7 Å². The van der Waals surface area contributed by atoms with Gasteiger partial charge in [0.15, 0.2) is 0 Å². The molecule has 0 amide bonds. The van der Waals surface area contributed by atoms with Gasteiger partial charge in [0, 0.05) is 259 Å². The Balaban J connectivity index is 0.00000155. The summed E-state index contributed by atoms with van der Waals surface area (Å²) in [7, 11) is 17.0. The Hall–Kier alpha value is 1.74. The molecule has 4 saturated heterocycles. The van der Waals surface area contributed by atoms with Crippen molar-refractivity contribution in [1.82, 2.24) is 106 Å². The first-order valence-electron chi connectivity index (χ1n) is 42.1. The zero-order chi connectivity index (χ0) is 91.1. The summed E-state index contributed by atoms with van der Waals surface area (Å²) in [5.74, 6) is 0. The molecule has 5 unspecified atom stereocenters. The molecule has 28 N–H and O–H groups in total. The van der Waals surface area contributed by atoms with Gasteiger partial charge in [0.25, 0.3) is 6.47 Å². The second kappa shape index (κ2) is 89.0. The first-order chi connectivity index (χ1) is 59.9. The van der Waals surface area contributed by atoms with E-state index in [4.69, 9.17) is 68.3 Å². The van der Waals surface area contributed by atoms with Gasteiger partial charge >= 0.3 is 138 Å². The standard InChI is InChI=1S/C24H45N5O6.C19H37N5O2.C17H37N5O3.C14H33N5O4.CH2O2.4BrH.3ClH.4Mn/c1-17-10-26-6-5-25-7-8-27-18(2)11-29-20(12-28-17)14-32-13-19-9-23-21(15-33-30-3)22(16-34-31-4)24(19)35-23;1-15-8-20-5-6-21-16(2)10-24-19(11-23-17(3)9-22-15)14-26-13-18-4-7-25-12-18;23-10-13-7-20-14(11-24)8-21-15(12-25)9-22-17-4-2-1-3-16(17)19-6-5-18-13;20-7-11-3-15-1-2-16-12(8-21)4-18-14(10-23)6-19-13(9-22)5-17-11;2-1-3;;;;;;;;;;;/h9,17-18,20,23-29H,5-8,10-16H2,1-4H3;4,7,12,15-17,19-24H,5-6,8-11,13-14H2,1-3H3;13-25H,1-12H2;11-23H,1-10H2;1H,(H,2,3);7*1H;;;;/q;;;;;;;;;;;;4*+2/p-7/t17-,18+,20-,23?,24?;15-,16+,17+,19+;13-,14-,15-,16-,17-;11?,12?,13-,14?;;;;;;;;;;;;/m1011............/s1. The van der Waals surface area contributed by atoms with Gasteiger partial charge in [0.2, 0.25) is 0 Å². The van der Waals surface area contributed by atoms with Crippen LogP contribution in [0, 0.1) is 0 Å². The average Bonchev–Trinajstić information content (AvgIpc) is 1.61. The van der Waals surface area contributed by atoms with Gasteiger partial charge in [-0.25, -0.2) is 19.6 Å². The summed E-state index contributed by atoms with van der Waals surface area (Å²) in [6.07, 6.45) is 10.0. The van der Waals surface area contributed by atoms with E-state index >= 15 is 0 Å². The summed E-state index contributed by atoms with van der Waals surface area (Å²) in [5, 5.41) is 142. The van der Waals surface area contributed by atoms with Crippen LogP contribution in [0.3, 0.4) is 0 Å². The van der Waals surface area contributed by atoms with Crippen LogP contribution in [0.4, 0.5) is 0 Å². The summed E-state index contributed by atoms with van der Waals surface area (Å²) < 4.78 is 23.3. The molecule has 18 atom stereocenters. The second-order valence-corrected chi connectivity index (χ2v) is 44.1. The van der Waals surface area contributed by atoms with E-state index in [1.165, 1.54) is 33.5 Å². The van der Waals surface area contributed by atoms with Crippen molar-refractivity contribution in [2.24, 2.45) is 0 Å². The SMILES string of the molecule is COOCC1=C(COOC)C2OC1C=C2COC[C@H]1CN[C@H](C)CNCCNCCN[C@@H](C)CN1.C[C@@H]1CN[C@@H](COCc2ccoc2)CN[C@H](C)CN[C@@H](C)CNCCN1.O=CO.OCC1CNCCNC(CO)CNC(CO)CN[C@@H](CO)CN1.OC[C@H]1CN[C@@H](CO)CN[C@@H](CO)CN[C@@H]2CCCC[C@H]2NCCN1.[Br][Mn][Br].[Br][Mn][Br].[Cl][Mn+].[Cl][Mn][Cl]. The van der Waals surface area contributed by atoms with Crippen molar-refractivity contribution in [3.05, 3.63) is 47.0 Å². The molecule has 732 valence electrons. The molecule has 123 heavy (non-hydrogen) atoms. The number of fused-ring (bicyclic) bond motifs is 3. The van der Waals surface area contributed by atoms with Gasteiger partial charge in [0.1, 0.15) is 25.4 Å². The molecule has 5 fully saturated rings. The molecule has 37 nitrogen and oxygen atoms in total. The molecule has 8 rings (SSSR count). The normalized spacial score (nSPS) is 29.6. The second-order valence-electron chi connectivity index (χ2n) is 30.2. The fraction of sp³-hybridized carbons (Fsp3) is 0.880. The molecule has 6 aliphatic heterocycles. The molecule has 1 saturated carbocycles. The molecule has 0 radical (unpaired) electrons. The number of ether oxygens (including phenoxy) is 3. The van der Waals surface area contributed by atoms with Gasteiger partial charge in [-0.1, -0.05) is 12.8 Å². The Bertz CT molecular complexity index is 2520. The number of aliphatic hydroxyl groups excluding tert-OH is 7. The number of carboxylic acid groups (broad SMARTS) is 1. The Morgan fingerprint density at radius 2 is 0.756 bits per heavy atom. The average molecular weight is 2250 g/mol. The fourth-order valence-electron chi connectivity index (χ4n) is 13.4. The molecule has 1 aliphatic carbocycles. The van der Waals surface area contributed by atoms with Crippen molar-refractivity contribution >= 4 is 93.2 Å². The van der Waals surface area contributed by atoms with Crippen molar-refractivity contribution in [2.75, 3.05) is 251 Å².